The Balaban J connectivity index is 1.95. The third-order valence-corrected chi connectivity index (χ3v) is 4.34. The van der Waals surface area contributed by atoms with Crippen LogP contribution in [0, 0.1) is 0 Å². The quantitative estimate of drug-likeness (QED) is 0.550. The van der Waals surface area contributed by atoms with E-state index in [1.807, 2.05) is 6.07 Å². The van der Waals surface area contributed by atoms with Crippen LogP contribution in [0.25, 0.3) is 11.0 Å². The maximum absolute atomic E-state index is 12.5. The fourth-order valence-corrected chi connectivity index (χ4v) is 2.61. The highest BCUT2D eigenvalue weighted by Gasteiger charge is 2.16. The number of carbonyl (C=O) groups excluding carboxylic acids is 1. The van der Waals surface area contributed by atoms with E-state index in [1.165, 1.54) is 6.07 Å². The van der Waals surface area contributed by atoms with Crippen molar-refractivity contribution in [1.29, 1.82) is 0 Å². The lowest BCUT2D eigenvalue weighted by atomic mass is 9.98. The molecular formula is C20H19NO4. The van der Waals surface area contributed by atoms with Gasteiger partial charge in [-0.25, -0.2) is 4.79 Å². The molecule has 1 aromatic heterocycles. The lowest BCUT2D eigenvalue weighted by molar-refractivity contribution is 0.102. The standard InChI is InChI=1S/C20H19NO4/c1-3-12(2)13-8-9-17(22)16(11-13)21-19(23)15-10-14-6-4-5-7-18(14)25-20(15)24/h4-12,22H,3H2,1-2H3,(H,21,23)/t12-/m0/s1. The van der Waals surface area contributed by atoms with Crippen LogP contribution in [-0.2, 0) is 0 Å². The first kappa shape index (κ1) is 16.8. The van der Waals surface area contributed by atoms with Crippen LogP contribution in [0.5, 0.6) is 5.75 Å². The number of benzene rings is 2. The number of fused-ring (bicyclic) bond motifs is 1. The fourth-order valence-electron chi connectivity index (χ4n) is 2.61. The summed E-state index contributed by atoms with van der Waals surface area (Å²) < 4.78 is 5.18. The zero-order valence-corrected chi connectivity index (χ0v) is 14.1. The molecule has 5 heteroatoms. The number of phenolic OH excluding ortho intramolecular Hbond substituents is 1. The molecular weight excluding hydrogens is 318 g/mol. The number of nitrogens with one attached hydrogen (secondary N) is 1. The minimum Gasteiger partial charge on any atom is -0.506 e. The highest BCUT2D eigenvalue weighted by atomic mass is 16.4. The summed E-state index contributed by atoms with van der Waals surface area (Å²) >= 11 is 0. The zero-order chi connectivity index (χ0) is 18.0. The van der Waals surface area contributed by atoms with Gasteiger partial charge in [0.2, 0.25) is 0 Å². The Morgan fingerprint density at radius 2 is 1.96 bits per heavy atom. The van der Waals surface area contributed by atoms with Crippen molar-refractivity contribution in [2.75, 3.05) is 5.32 Å². The molecule has 0 saturated heterocycles. The predicted molar refractivity (Wildman–Crippen MR) is 97.3 cm³/mol. The smallest absolute Gasteiger partial charge is 0.349 e. The van der Waals surface area contributed by atoms with E-state index >= 15 is 0 Å². The van der Waals surface area contributed by atoms with Crippen molar-refractivity contribution in [3.8, 4) is 5.75 Å². The number of hydrogen-bond donors (Lipinski definition) is 2. The first-order chi connectivity index (χ1) is 12.0. The van der Waals surface area contributed by atoms with Crippen molar-refractivity contribution >= 4 is 22.6 Å². The van der Waals surface area contributed by atoms with Crippen LogP contribution in [0.4, 0.5) is 5.69 Å². The van der Waals surface area contributed by atoms with Gasteiger partial charge in [0, 0.05) is 5.39 Å². The van der Waals surface area contributed by atoms with Gasteiger partial charge in [0.1, 0.15) is 16.9 Å². The molecule has 0 saturated carbocycles. The van der Waals surface area contributed by atoms with Gasteiger partial charge in [0.25, 0.3) is 5.91 Å². The van der Waals surface area contributed by atoms with Crippen molar-refractivity contribution in [1.82, 2.24) is 0 Å². The number of aromatic hydroxyl groups is 1. The monoisotopic (exact) mass is 337 g/mol. The second-order valence-corrected chi connectivity index (χ2v) is 6.03. The van der Waals surface area contributed by atoms with Crippen molar-refractivity contribution in [2.24, 2.45) is 0 Å². The van der Waals surface area contributed by atoms with Gasteiger partial charge in [-0.05, 0) is 42.2 Å². The van der Waals surface area contributed by atoms with Crippen LogP contribution in [-0.4, -0.2) is 11.0 Å². The Labute approximate surface area is 144 Å². The van der Waals surface area contributed by atoms with Gasteiger partial charge in [-0.1, -0.05) is 38.1 Å². The van der Waals surface area contributed by atoms with Crippen LogP contribution >= 0.6 is 0 Å². The van der Waals surface area contributed by atoms with Crippen LogP contribution in [0.2, 0.25) is 0 Å². The molecule has 2 aromatic carbocycles. The Hall–Kier alpha value is -3.08. The zero-order valence-electron chi connectivity index (χ0n) is 14.1. The van der Waals surface area contributed by atoms with E-state index in [2.05, 4.69) is 19.2 Å². The summed E-state index contributed by atoms with van der Waals surface area (Å²) in [6.07, 6.45) is 0.937. The van der Waals surface area contributed by atoms with Gasteiger partial charge < -0.3 is 14.8 Å². The molecule has 5 nitrogen and oxygen atoms in total. The predicted octanol–water partition coefficient (Wildman–Crippen LogP) is 4.26. The molecule has 1 atom stereocenters. The third-order valence-electron chi connectivity index (χ3n) is 4.34. The van der Waals surface area contributed by atoms with Crippen molar-refractivity contribution in [3.63, 3.8) is 0 Å². The maximum Gasteiger partial charge on any atom is 0.349 e. The average molecular weight is 337 g/mol. The van der Waals surface area contributed by atoms with Gasteiger partial charge >= 0.3 is 5.63 Å². The maximum atomic E-state index is 12.5. The number of para-hydroxylation sites is 1. The Kier molecular flexibility index (Phi) is 4.57. The molecule has 0 aliphatic carbocycles. The van der Waals surface area contributed by atoms with Crippen LogP contribution < -0.4 is 10.9 Å². The molecule has 0 bridgehead atoms. The molecule has 0 aliphatic heterocycles. The largest absolute Gasteiger partial charge is 0.506 e. The molecule has 0 spiro atoms. The van der Waals surface area contributed by atoms with Crippen molar-refractivity contribution in [3.05, 3.63) is 70.1 Å². The molecule has 3 aromatic rings. The summed E-state index contributed by atoms with van der Waals surface area (Å²) in [7, 11) is 0. The average Bonchev–Trinajstić information content (AvgIpc) is 2.62. The number of hydrogen-bond acceptors (Lipinski definition) is 4. The normalized spacial score (nSPS) is 12.1. The summed E-state index contributed by atoms with van der Waals surface area (Å²) in [5, 5.41) is 13.3. The number of amides is 1. The van der Waals surface area contributed by atoms with Crippen molar-refractivity contribution < 1.29 is 14.3 Å². The summed E-state index contributed by atoms with van der Waals surface area (Å²) in [6.45, 7) is 4.13. The molecule has 0 radical (unpaired) electrons. The van der Waals surface area contributed by atoms with Gasteiger partial charge in [-0.15, -0.1) is 0 Å². The second-order valence-electron chi connectivity index (χ2n) is 6.03. The fraction of sp³-hybridized carbons (Fsp3) is 0.200. The van der Waals surface area contributed by atoms with E-state index in [4.69, 9.17) is 4.42 Å². The Bertz CT molecular complexity index is 990. The molecule has 0 unspecified atom stereocenters. The topological polar surface area (TPSA) is 79.5 Å². The van der Waals surface area contributed by atoms with E-state index in [1.54, 1.807) is 36.4 Å². The molecule has 0 aliphatic rings. The van der Waals surface area contributed by atoms with E-state index in [0.717, 1.165) is 12.0 Å². The summed E-state index contributed by atoms with van der Waals surface area (Å²) in [5.74, 6) is -0.372. The number of carbonyl (C=O) groups is 1. The van der Waals surface area contributed by atoms with Gasteiger partial charge in [-0.3, -0.25) is 4.79 Å². The van der Waals surface area contributed by atoms with E-state index in [0.29, 0.717) is 16.9 Å². The van der Waals surface area contributed by atoms with E-state index in [9.17, 15) is 14.7 Å². The molecule has 3 rings (SSSR count). The SMILES string of the molecule is CC[C@H](C)c1ccc(O)c(NC(=O)c2cc3ccccc3oc2=O)c1. The summed E-state index contributed by atoms with van der Waals surface area (Å²) in [4.78, 5) is 24.6. The number of anilines is 1. The first-order valence-corrected chi connectivity index (χ1v) is 8.16. The second kappa shape index (κ2) is 6.81. The van der Waals surface area contributed by atoms with Gasteiger partial charge in [0.15, 0.2) is 0 Å². The van der Waals surface area contributed by atoms with Crippen molar-refractivity contribution in [2.45, 2.75) is 26.2 Å². The van der Waals surface area contributed by atoms with E-state index < -0.39 is 11.5 Å². The molecule has 128 valence electrons. The molecule has 2 N–H and O–H groups in total. The number of rotatable bonds is 4. The highest BCUT2D eigenvalue weighted by Crippen LogP contribution is 2.29. The first-order valence-electron chi connectivity index (χ1n) is 8.16. The van der Waals surface area contributed by atoms with Crippen LogP contribution in [0.1, 0.15) is 42.1 Å². The van der Waals surface area contributed by atoms with Crippen LogP contribution in [0.15, 0.2) is 57.7 Å². The summed E-state index contributed by atoms with van der Waals surface area (Å²) in [5.41, 5.74) is 0.878. The minimum absolute atomic E-state index is 0.0504. The van der Waals surface area contributed by atoms with Gasteiger partial charge in [-0.2, -0.15) is 0 Å². The molecule has 25 heavy (non-hydrogen) atoms. The lowest BCUT2D eigenvalue weighted by Gasteiger charge is -2.13. The summed E-state index contributed by atoms with van der Waals surface area (Å²) in [6, 6.07) is 13.6. The highest BCUT2D eigenvalue weighted by molar-refractivity contribution is 6.06. The minimum atomic E-state index is -0.714. The Morgan fingerprint density at radius 3 is 2.72 bits per heavy atom. The Morgan fingerprint density at radius 1 is 1.20 bits per heavy atom. The van der Waals surface area contributed by atoms with E-state index in [-0.39, 0.29) is 17.0 Å². The number of phenols is 1. The molecule has 1 heterocycles. The van der Waals surface area contributed by atoms with Gasteiger partial charge in [0.05, 0.1) is 5.69 Å². The third kappa shape index (κ3) is 3.40. The molecule has 0 fully saturated rings. The van der Waals surface area contributed by atoms with Crippen LogP contribution in [0.3, 0.4) is 0 Å². The lowest BCUT2D eigenvalue weighted by Crippen LogP contribution is -2.20. The molecule has 1 amide bonds.